The molecule has 0 unspecified atom stereocenters. The molecule has 2 atom stereocenters. The van der Waals surface area contributed by atoms with Crippen molar-refractivity contribution in [1.82, 2.24) is 15.6 Å². The van der Waals surface area contributed by atoms with Crippen LogP contribution in [0.4, 0.5) is 4.39 Å². The fraction of sp³-hybridized carbons (Fsp3) is 0.333. The fourth-order valence-electron chi connectivity index (χ4n) is 2.59. The van der Waals surface area contributed by atoms with E-state index < -0.39 is 6.17 Å². The number of hydrogen-bond acceptors (Lipinski definition) is 4. The minimum absolute atomic E-state index is 0.0259. The maximum atomic E-state index is 13.1. The summed E-state index contributed by atoms with van der Waals surface area (Å²) in [5.41, 5.74) is 1.76. The number of carbonyl (C=O) groups is 1. The molecule has 3 rings (SSSR count). The summed E-state index contributed by atoms with van der Waals surface area (Å²) in [5, 5.41) is 6.89. The molecule has 0 radical (unpaired) electrons. The summed E-state index contributed by atoms with van der Waals surface area (Å²) in [4.78, 5) is 16.4. The molecule has 1 saturated heterocycles. The van der Waals surface area contributed by atoms with Crippen molar-refractivity contribution in [3.05, 3.63) is 59.8 Å². The van der Waals surface area contributed by atoms with Crippen molar-refractivity contribution in [3.8, 4) is 0 Å². The molecule has 0 saturated carbocycles. The van der Waals surface area contributed by atoms with E-state index in [2.05, 4.69) is 15.6 Å². The SMILES string of the molecule is O=C(NC[C@@H]1C[C@H](F)CN1)c1ccc(CSc2ccccn2)cc1. The van der Waals surface area contributed by atoms with Crippen LogP contribution in [0.3, 0.4) is 0 Å². The smallest absolute Gasteiger partial charge is 0.251 e. The highest BCUT2D eigenvalue weighted by Gasteiger charge is 2.23. The van der Waals surface area contributed by atoms with Crippen molar-refractivity contribution in [2.24, 2.45) is 0 Å². The molecular weight excluding hydrogens is 325 g/mol. The predicted octanol–water partition coefficient (Wildman–Crippen LogP) is 2.80. The summed E-state index contributed by atoms with van der Waals surface area (Å²) in [6.45, 7) is 0.833. The normalized spacial score (nSPS) is 20.0. The van der Waals surface area contributed by atoms with Gasteiger partial charge in [0.2, 0.25) is 0 Å². The van der Waals surface area contributed by atoms with Crippen LogP contribution in [0.5, 0.6) is 0 Å². The second-order valence-electron chi connectivity index (χ2n) is 5.80. The van der Waals surface area contributed by atoms with E-state index in [1.165, 1.54) is 0 Å². The molecule has 1 aromatic heterocycles. The molecule has 6 heteroatoms. The molecule has 1 amide bonds. The second-order valence-corrected chi connectivity index (χ2v) is 6.80. The summed E-state index contributed by atoms with van der Waals surface area (Å²) in [6.07, 6.45) is 1.44. The summed E-state index contributed by atoms with van der Waals surface area (Å²) in [7, 11) is 0. The van der Waals surface area contributed by atoms with Gasteiger partial charge in [0.1, 0.15) is 6.17 Å². The quantitative estimate of drug-likeness (QED) is 0.791. The lowest BCUT2D eigenvalue weighted by atomic mass is 10.1. The number of thioether (sulfide) groups is 1. The first-order valence-electron chi connectivity index (χ1n) is 7.99. The molecule has 0 aliphatic carbocycles. The number of hydrogen-bond donors (Lipinski definition) is 2. The van der Waals surface area contributed by atoms with Crippen molar-refractivity contribution < 1.29 is 9.18 Å². The third kappa shape index (κ3) is 4.79. The van der Waals surface area contributed by atoms with Crippen molar-refractivity contribution in [2.45, 2.75) is 29.4 Å². The van der Waals surface area contributed by atoms with Crippen molar-refractivity contribution in [2.75, 3.05) is 13.1 Å². The summed E-state index contributed by atoms with van der Waals surface area (Å²) >= 11 is 1.66. The van der Waals surface area contributed by atoms with Gasteiger partial charge in [-0.25, -0.2) is 9.37 Å². The number of carbonyl (C=O) groups excluding carboxylic acids is 1. The summed E-state index contributed by atoms with van der Waals surface area (Å²) in [6, 6.07) is 13.4. The molecular formula is C18H20FN3OS. The molecule has 1 fully saturated rings. The Morgan fingerprint density at radius 2 is 2.12 bits per heavy atom. The Balaban J connectivity index is 1.47. The van der Waals surface area contributed by atoms with Gasteiger partial charge in [-0.1, -0.05) is 18.2 Å². The van der Waals surface area contributed by atoms with Crippen LogP contribution in [-0.2, 0) is 5.75 Å². The lowest BCUT2D eigenvalue weighted by molar-refractivity contribution is 0.0950. The highest BCUT2D eigenvalue weighted by Crippen LogP contribution is 2.20. The molecule has 24 heavy (non-hydrogen) atoms. The van der Waals surface area contributed by atoms with Crippen LogP contribution >= 0.6 is 11.8 Å². The van der Waals surface area contributed by atoms with Crippen molar-refractivity contribution >= 4 is 17.7 Å². The Morgan fingerprint density at radius 1 is 1.29 bits per heavy atom. The van der Waals surface area contributed by atoms with Crippen LogP contribution in [0.1, 0.15) is 22.3 Å². The molecule has 0 bridgehead atoms. The molecule has 2 heterocycles. The first kappa shape index (κ1) is 16.9. The topological polar surface area (TPSA) is 54.0 Å². The van der Waals surface area contributed by atoms with E-state index in [4.69, 9.17) is 0 Å². The van der Waals surface area contributed by atoms with E-state index in [1.807, 2.05) is 42.5 Å². The minimum atomic E-state index is -0.803. The predicted molar refractivity (Wildman–Crippen MR) is 93.9 cm³/mol. The zero-order valence-corrected chi connectivity index (χ0v) is 14.1. The first-order valence-corrected chi connectivity index (χ1v) is 8.97. The highest BCUT2D eigenvalue weighted by molar-refractivity contribution is 7.98. The Bertz CT molecular complexity index is 666. The van der Waals surface area contributed by atoms with E-state index in [0.717, 1.165) is 16.3 Å². The number of amides is 1. The van der Waals surface area contributed by atoms with E-state index >= 15 is 0 Å². The van der Waals surface area contributed by atoms with Crippen molar-refractivity contribution in [1.29, 1.82) is 0 Å². The van der Waals surface area contributed by atoms with E-state index in [1.54, 1.807) is 18.0 Å². The number of halogens is 1. The number of benzene rings is 1. The van der Waals surface area contributed by atoms with Crippen LogP contribution < -0.4 is 10.6 Å². The van der Waals surface area contributed by atoms with Gasteiger partial charge in [0, 0.05) is 36.6 Å². The maximum absolute atomic E-state index is 13.1. The van der Waals surface area contributed by atoms with Gasteiger partial charge in [0.15, 0.2) is 0 Å². The Kier molecular flexibility index (Phi) is 5.82. The van der Waals surface area contributed by atoms with Crippen LogP contribution in [0, 0.1) is 0 Å². The van der Waals surface area contributed by atoms with Gasteiger partial charge >= 0.3 is 0 Å². The van der Waals surface area contributed by atoms with Crippen LogP contribution in [-0.4, -0.2) is 36.2 Å². The van der Waals surface area contributed by atoms with Gasteiger partial charge in [-0.2, -0.15) is 0 Å². The van der Waals surface area contributed by atoms with Gasteiger partial charge < -0.3 is 10.6 Å². The molecule has 2 N–H and O–H groups in total. The van der Waals surface area contributed by atoms with E-state index in [0.29, 0.717) is 25.1 Å². The number of aromatic nitrogens is 1. The number of nitrogens with one attached hydrogen (secondary N) is 2. The largest absolute Gasteiger partial charge is 0.350 e. The van der Waals surface area contributed by atoms with Gasteiger partial charge in [-0.3, -0.25) is 4.79 Å². The number of alkyl halides is 1. The van der Waals surface area contributed by atoms with Crippen LogP contribution in [0.2, 0.25) is 0 Å². The highest BCUT2D eigenvalue weighted by atomic mass is 32.2. The lowest BCUT2D eigenvalue weighted by Gasteiger charge is -2.11. The molecule has 4 nitrogen and oxygen atoms in total. The van der Waals surface area contributed by atoms with E-state index in [-0.39, 0.29) is 11.9 Å². The number of nitrogens with zero attached hydrogens (tertiary/aromatic N) is 1. The molecule has 126 valence electrons. The Morgan fingerprint density at radius 3 is 2.79 bits per heavy atom. The third-order valence-electron chi connectivity index (χ3n) is 3.92. The van der Waals surface area contributed by atoms with Crippen LogP contribution in [0.15, 0.2) is 53.7 Å². The Labute approximate surface area is 145 Å². The molecule has 1 aliphatic rings. The minimum Gasteiger partial charge on any atom is -0.350 e. The zero-order chi connectivity index (χ0) is 16.8. The average molecular weight is 345 g/mol. The molecule has 0 spiro atoms. The van der Waals surface area contributed by atoms with Crippen LogP contribution in [0.25, 0.3) is 0 Å². The standard InChI is InChI=1S/C18H20FN3OS/c19-15-9-16(21-10-15)11-22-18(23)14-6-4-13(5-7-14)12-24-17-3-1-2-8-20-17/h1-8,15-16,21H,9-12H2,(H,22,23)/t15-,16-/m0/s1. The third-order valence-corrected chi connectivity index (χ3v) is 4.93. The monoisotopic (exact) mass is 345 g/mol. The lowest BCUT2D eigenvalue weighted by Crippen LogP contribution is -2.37. The van der Waals surface area contributed by atoms with E-state index in [9.17, 15) is 9.18 Å². The van der Waals surface area contributed by atoms with Gasteiger partial charge in [-0.15, -0.1) is 11.8 Å². The Hall–Kier alpha value is -1.92. The molecule has 2 aromatic rings. The second kappa shape index (κ2) is 8.26. The summed E-state index contributed by atoms with van der Waals surface area (Å²) in [5.74, 6) is 0.686. The zero-order valence-electron chi connectivity index (χ0n) is 13.2. The molecule has 1 aromatic carbocycles. The number of pyridine rings is 1. The fourth-order valence-corrected chi connectivity index (χ4v) is 3.40. The number of rotatable bonds is 6. The first-order chi connectivity index (χ1) is 11.7. The molecule has 1 aliphatic heterocycles. The summed E-state index contributed by atoms with van der Waals surface area (Å²) < 4.78 is 13.1. The average Bonchev–Trinajstić information content (AvgIpc) is 3.04. The van der Waals surface area contributed by atoms with Gasteiger partial charge in [0.05, 0.1) is 5.03 Å². The maximum Gasteiger partial charge on any atom is 0.251 e. The van der Waals surface area contributed by atoms with Gasteiger partial charge in [-0.05, 0) is 36.2 Å². The van der Waals surface area contributed by atoms with Crippen molar-refractivity contribution in [3.63, 3.8) is 0 Å². The van der Waals surface area contributed by atoms with Gasteiger partial charge in [0.25, 0.3) is 5.91 Å².